The van der Waals surface area contributed by atoms with Crippen molar-refractivity contribution < 1.29 is 29.1 Å². The molecule has 0 aliphatic carbocycles. The predicted octanol–water partition coefficient (Wildman–Crippen LogP) is -2.91. The molecule has 11 nitrogen and oxygen atoms in total. The number of nitrogens with two attached hydrogens (primary N) is 2. The summed E-state index contributed by atoms with van der Waals surface area (Å²) < 4.78 is 0. The predicted molar refractivity (Wildman–Crippen MR) is 106 cm³/mol. The van der Waals surface area contributed by atoms with Crippen LogP contribution in [0.4, 0.5) is 0 Å². The van der Waals surface area contributed by atoms with Gasteiger partial charge in [0.05, 0.1) is 12.5 Å². The van der Waals surface area contributed by atoms with Crippen LogP contribution >= 0.6 is 25.3 Å². The second-order valence-corrected chi connectivity index (χ2v) is 7.02. The van der Waals surface area contributed by atoms with Crippen LogP contribution in [0, 0.1) is 0 Å². The molecule has 0 aromatic heterocycles. The fraction of sp³-hybridized carbons (Fsp3) is 0.667. The third kappa shape index (κ3) is 6.56. The summed E-state index contributed by atoms with van der Waals surface area (Å²) in [6.07, 6.45) is 0.253. The molecule has 158 valence electrons. The molecule has 0 aromatic carbocycles. The van der Waals surface area contributed by atoms with Gasteiger partial charge in [0.1, 0.15) is 18.1 Å². The van der Waals surface area contributed by atoms with Crippen molar-refractivity contribution in [3.8, 4) is 0 Å². The Morgan fingerprint density at radius 2 is 1.75 bits per heavy atom. The van der Waals surface area contributed by atoms with Gasteiger partial charge in [-0.2, -0.15) is 25.3 Å². The summed E-state index contributed by atoms with van der Waals surface area (Å²) in [4.78, 5) is 60.6. The van der Waals surface area contributed by atoms with Crippen molar-refractivity contribution in [2.24, 2.45) is 11.5 Å². The minimum Gasteiger partial charge on any atom is -0.480 e. The number of hydrogen-bond donors (Lipinski definition) is 7. The summed E-state index contributed by atoms with van der Waals surface area (Å²) in [6.45, 7) is 0.253. The number of nitrogens with zero attached hydrogens (tertiary/aromatic N) is 1. The van der Waals surface area contributed by atoms with Gasteiger partial charge in [-0.15, -0.1) is 0 Å². The Kier molecular flexibility index (Phi) is 9.55. The maximum absolute atomic E-state index is 12.8. The number of likely N-dealkylation sites (tertiary alicyclic amines) is 1. The van der Waals surface area contributed by atoms with Gasteiger partial charge in [0.25, 0.3) is 0 Å². The number of primary amides is 1. The summed E-state index contributed by atoms with van der Waals surface area (Å²) in [5.41, 5.74) is 10.6. The highest BCUT2D eigenvalue weighted by Gasteiger charge is 2.38. The zero-order valence-corrected chi connectivity index (χ0v) is 16.8. The Bertz CT molecular complexity index is 634. The van der Waals surface area contributed by atoms with Crippen LogP contribution in [-0.4, -0.2) is 81.8 Å². The molecule has 0 saturated carbocycles. The largest absolute Gasteiger partial charge is 0.480 e. The van der Waals surface area contributed by atoms with Crippen molar-refractivity contribution in [3.63, 3.8) is 0 Å². The molecule has 1 aliphatic heterocycles. The number of rotatable bonds is 10. The lowest BCUT2D eigenvalue weighted by molar-refractivity contribution is -0.145. The molecule has 1 fully saturated rings. The molecule has 0 aromatic rings. The molecule has 7 N–H and O–H groups in total. The molecule has 0 bridgehead atoms. The average molecular weight is 436 g/mol. The Hall–Kier alpha value is -1.99. The van der Waals surface area contributed by atoms with E-state index in [2.05, 4.69) is 35.9 Å². The van der Waals surface area contributed by atoms with Gasteiger partial charge in [-0.1, -0.05) is 0 Å². The molecule has 1 heterocycles. The number of carbonyl (C=O) groups is 5. The van der Waals surface area contributed by atoms with E-state index in [1.807, 2.05) is 0 Å². The Labute approximate surface area is 172 Å². The Morgan fingerprint density at radius 3 is 2.25 bits per heavy atom. The first kappa shape index (κ1) is 24.0. The van der Waals surface area contributed by atoms with E-state index in [0.29, 0.717) is 12.8 Å². The second kappa shape index (κ2) is 11.1. The summed E-state index contributed by atoms with van der Waals surface area (Å²) >= 11 is 7.99. The van der Waals surface area contributed by atoms with E-state index in [1.165, 1.54) is 4.90 Å². The third-order valence-corrected chi connectivity index (χ3v) is 4.95. The van der Waals surface area contributed by atoms with E-state index < -0.39 is 60.2 Å². The maximum Gasteiger partial charge on any atom is 0.326 e. The number of carbonyl (C=O) groups excluding carboxylic acids is 4. The van der Waals surface area contributed by atoms with Crippen LogP contribution in [0.25, 0.3) is 0 Å². The van der Waals surface area contributed by atoms with Crippen LogP contribution < -0.4 is 22.1 Å². The highest BCUT2D eigenvalue weighted by atomic mass is 32.1. The SMILES string of the molecule is NC(=O)CC(NC(=O)C1CCCN1C(=O)C(CS)NC(=O)C(N)CS)C(=O)O. The fourth-order valence-electron chi connectivity index (χ4n) is 2.72. The lowest BCUT2D eigenvalue weighted by Crippen LogP contribution is -2.57. The van der Waals surface area contributed by atoms with Gasteiger partial charge in [0.15, 0.2) is 0 Å². The molecular weight excluding hydrogens is 410 g/mol. The molecule has 13 heteroatoms. The number of aliphatic carboxylic acids is 1. The van der Waals surface area contributed by atoms with Crippen molar-refractivity contribution >= 4 is 54.9 Å². The van der Waals surface area contributed by atoms with E-state index >= 15 is 0 Å². The lowest BCUT2D eigenvalue weighted by Gasteiger charge is -2.29. The molecule has 0 radical (unpaired) electrons. The van der Waals surface area contributed by atoms with Crippen LogP contribution in [-0.2, 0) is 24.0 Å². The maximum atomic E-state index is 12.8. The van der Waals surface area contributed by atoms with Gasteiger partial charge in [-0.25, -0.2) is 4.79 Å². The first-order valence-corrected chi connectivity index (χ1v) is 9.78. The van der Waals surface area contributed by atoms with Gasteiger partial charge >= 0.3 is 5.97 Å². The van der Waals surface area contributed by atoms with Gasteiger partial charge in [0.2, 0.25) is 23.6 Å². The Morgan fingerprint density at radius 1 is 1.11 bits per heavy atom. The number of carboxylic acids is 1. The van der Waals surface area contributed by atoms with Crippen molar-refractivity contribution in [2.75, 3.05) is 18.1 Å². The normalized spacial score (nSPS) is 19.4. The summed E-state index contributed by atoms with van der Waals surface area (Å²) in [5.74, 6) is -4.05. The van der Waals surface area contributed by atoms with Crippen molar-refractivity contribution in [1.29, 1.82) is 0 Å². The van der Waals surface area contributed by atoms with E-state index in [9.17, 15) is 24.0 Å². The second-order valence-electron chi connectivity index (χ2n) is 6.29. The van der Waals surface area contributed by atoms with Crippen molar-refractivity contribution in [3.05, 3.63) is 0 Å². The Balaban J connectivity index is 2.84. The van der Waals surface area contributed by atoms with Gasteiger partial charge in [-0.05, 0) is 12.8 Å². The lowest BCUT2D eigenvalue weighted by atomic mass is 10.1. The van der Waals surface area contributed by atoms with Crippen molar-refractivity contribution in [2.45, 2.75) is 43.4 Å². The molecule has 1 aliphatic rings. The van der Waals surface area contributed by atoms with E-state index in [4.69, 9.17) is 16.6 Å². The monoisotopic (exact) mass is 435 g/mol. The van der Waals surface area contributed by atoms with E-state index in [0.717, 1.165) is 0 Å². The zero-order chi connectivity index (χ0) is 21.4. The topological polar surface area (TPSA) is 185 Å². The van der Waals surface area contributed by atoms with Crippen LogP contribution in [0.5, 0.6) is 0 Å². The van der Waals surface area contributed by atoms with Crippen LogP contribution in [0.2, 0.25) is 0 Å². The standard InChI is InChI=1S/C15H25N5O6S2/c16-7(5-27)12(22)19-9(6-28)14(24)20-3-1-2-10(20)13(23)18-8(15(25)26)4-11(17)21/h7-10,27-28H,1-6,16H2,(H2,17,21)(H,18,23)(H,19,22)(H,25,26). The molecule has 4 unspecified atom stereocenters. The van der Waals surface area contributed by atoms with E-state index in [1.54, 1.807) is 0 Å². The van der Waals surface area contributed by atoms with Crippen molar-refractivity contribution in [1.82, 2.24) is 15.5 Å². The highest BCUT2D eigenvalue weighted by Crippen LogP contribution is 2.19. The van der Waals surface area contributed by atoms with Gasteiger partial charge in [0, 0.05) is 18.1 Å². The molecule has 0 spiro atoms. The summed E-state index contributed by atoms with van der Waals surface area (Å²) in [6, 6.07) is -4.33. The van der Waals surface area contributed by atoms with Crippen LogP contribution in [0.1, 0.15) is 19.3 Å². The molecule has 4 atom stereocenters. The van der Waals surface area contributed by atoms with Gasteiger partial charge < -0.3 is 32.1 Å². The molecule has 4 amide bonds. The number of carboxylic acid groups (broad SMARTS) is 1. The minimum atomic E-state index is -1.49. The fourth-order valence-corrected chi connectivity index (χ4v) is 3.13. The first-order chi connectivity index (χ1) is 13.1. The van der Waals surface area contributed by atoms with Crippen LogP contribution in [0.15, 0.2) is 0 Å². The molecule has 1 saturated heterocycles. The molecule has 1 rings (SSSR count). The number of nitrogens with one attached hydrogen (secondary N) is 2. The third-order valence-electron chi connectivity index (χ3n) is 4.19. The first-order valence-electron chi connectivity index (χ1n) is 8.52. The van der Waals surface area contributed by atoms with E-state index in [-0.39, 0.29) is 18.1 Å². The average Bonchev–Trinajstić information content (AvgIpc) is 3.13. The number of amides is 4. The number of hydrogen-bond acceptors (Lipinski definition) is 8. The summed E-state index contributed by atoms with van der Waals surface area (Å²) in [5, 5.41) is 13.8. The minimum absolute atomic E-state index is 0.0197. The number of thiol groups is 2. The highest BCUT2D eigenvalue weighted by molar-refractivity contribution is 7.80. The molecular formula is C15H25N5O6S2. The molecule has 28 heavy (non-hydrogen) atoms. The zero-order valence-electron chi connectivity index (χ0n) is 15.0. The van der Waals surface area contributed by atoms with Gasteiger partial charge in [-0.3, -0.25) is 19.2 Å². The quantitative estimate of drug-likeness (QED) is 0.179. The smallest absolute Gasteiger partial charge is 0.326 e. The summed E-state index contributed by atoms with van der Waals surface area (Å²) in [7, 11) is 0. The van der Waals surface area contributed by atoms with Crippen LogP contribution in [0.3, 0.4) is 0 Å².